The van der Waals surface area contributed by atoms with Crippen LogP contribution in [0, 0.1) is 5.82 Å². The maximum absolute atomic E-state index is 13.1. The summed E-state index contributed by atoms with van der Waals surface area (Å²) in [7, 11) is -3.95. The van der Waals surface area contributed by atoms with Crippen molar-refractivity contribution in [2.45, 2.75) is 9.92 Å². The smallest absolute Gasteiger partial charge is 0.223 e. The van der Waals surface area contributed by atoms with E-state index >= 15 is 0 Å². The fourth-order valence-electron chi connectivity index (χ4n) is 2.64. The molecule has 0 bridgehead atoms. The number of anilines is 2. The molecule has 2 aromatic heterocycles. The average Bonchev–Trinajstić information content (AvgIpc) is 3.07. The summed E-state index contributed by atoms with van der Waals surface area (Å²) in [6, 6.07) is 14.7. The van der Waals surface area contributed by atoms with E-state index in [1.807, 2.05) is 0 Å². The number of rotatable bonds is 4. The van der Waals surface area contributed by atoms with Gasteiger partial charge in [-0.3, -0.25) is 0 Å². The Morgan fingerprint density at radius 1 is 1.04 bits per heavy atom. The number of aromatic nitrogens is 3. The molecule has 2 aromatic carbocycles. The molecule has 2 N–H and O–H groups in total. The maximum Gasteiger partial charge on any atom is 0.223 e. The Balaban J connectivity index is 1.87. The number of benzene rings is 2. The van der Waals surface area contributed by atoms with Crippen LogP contribution in [0.4, 0.5) is 16.0 Å². The molecule has 27 heavy (non-hydrogen) atoms. The predicted molar refractivity (Wildman–Crippen MR) is 96.3 cm³/mol. The SMILES string of the molecule is O=S(=O)(c1ccc(F)cc1)c1cc2ccccc2c(Nc2ccn(O)n2)n1. The molecule has 0 unspecified atom stereocenters. The summed E-state index contributed by atoms with van der Waals surface area (Å²) >= 11 is 0. The molecular weight excluding hydrogens is 371 g/mol. The van der Waals surface area contributed by atoms with E-state index in [4.69, 9.17) is 0 Å². The van der Waals surface area contributed by atoms with Gasteiger partial charge in [-0.1, -0.05) is 24.3 Å². The van der Waals surface area contributed by atoms with Crippen molar-refractivity contribution in [1.29, 1.82) is 0 Å². The van der Waals surface area contributed by atoms with Gasteiger partial charge in [0.2, 0.25) is 9.84 Å². The number of nitrogens with one attached hydrogen (secondary N) is 1. The lowest BCUT2D eigenvalue weighted by atomic mass is 10.1. The number of hydrogen-bond donors (Lipinski definition) is 2. The van der Waals surface area contributed by atoms with Gasteiger partial charge in [-0.25, -0.2) is 17.8 Å². The monoisotopic (exact) mass is 384 g/mol. The highest BCUT2D eigenvalue weighted by atomic mass is 32.2. The zero-order valence-corrected chi connectivity index (χ0v) is 14.6. The zero-order valence-electron chi connectivity index (χ0n) is 13.7. The van der Waals surface area contributed by atoms with Crippen molar-refractivity contribution in [3.63, 3.8) is 0 Å². The Kier molecular flexibility index (Phi) is 4.00. The lowest BCUT2D eigenvalue weighted by molar-refractivity contribution is 0.149. The van der Waals surface area contributed by atoms with Gasteiger partial charge in [0.05, 0.1) is 11.1 Å². The highest BCUT2D eigenvalue weighted by Crippen LogP contribution is 2.29. The molecule has 4 aromatic rings. The third kappa shape index (κ3) is 3.20. The minimum atomic E-state index is -3.95. The van der Waals surface area contributed by atoms with Crippen LogP contribution in [0.25, 0.3) is 10.8 Å². The van der Waals surface area contributed by atoms with E-state index in [-0.39, 0.29) is 15.7 Å². The molecule has 0 aliphatic carbocycles. The number of sulfone groups is 1. The molecule has 4 rings (SSSR count). The zero-order chi connectivity index (χ0) is 19.0. The van der Waals surface area contributed by atoms with Crippen molar-refractivity contribution in [2.75, 3.05) is 5.32 Å². The molecule has 2 heterocycles. The van der Waals surface area contributed by atoms with Gasteiger partial charge in [-0.15, -0.1) is 9.94 Å². The minimum absolute atomic E-state index is 0.0581. The summed E-state index contributed by atoms with van der Waals surface area (Å²) in [5.41, 5.74) is 0. The summed E-state index contributed by atoms with van der Waals surface area (Å²) in [4.78, 5) is 4.82. The van der Waals surface area contributed by atoms with Crippen molar-refractivity contribution in [2.24, 2.45) is 0 Å². The number of halogens is 1. The first-order chi connectivity index (χ1) is 12.9. The van der Waals surface area contributed by atoms with E-state index in [9.17, 15) is 18.0 Å². The van der Waals surface area contributed by atoms with Crippen molar-refractivity contribution in [3.8, 4) is 0 Å². The lowest BCUT2D eigenvalue weighted by Crippen LogP contribution is -2.07. The quantitative estimate of drug-likeness (QED) is 0.414. The molecule has 0 saturated heterocycles. The minimum Gasteiger partial charge on any atom is -0.412 e. The fourth-order valence-corrected chi connectivity index (χ4v) is 3.87. The van der Waals surface area contributed by atoms with Crippen LogP contribution in [0.1, 0.15) is 0 Å². The number of hydrogen-bond acceptors (Lipinski definition) is 6. The van der Waals surface area contributed by atoms with Gasteiger partial charge >= 0.3 is 0 Å². The number of pyridine rings is 1. The van der Waals surface area contributed by atoms with Crippen LogP contribution in [-0.4, -0.2) is 28.6 Å². The third-order valence-corrected chi connectivity index (χ3v) is 5.59. The van der Waals surface area contributed by atoms with Crippen molar-refractivity contribution >= 4 is 32.2 Å². The summed E-state index contributed by atoms with van der Waals surface area (Å²) in [6.45, 7) is 0. The van der Waals surface area contributed by atoms with Gasteiger partial charge in [0, 0.05) is 11.5 Å². The van der Waals surface area contributed by atoms with Gasteiger partial charge in [0.1, 0.15) is 11.6 Å². The first-order valence-electron chi connectivity index (χ1n) is 7.86. The largest absolute Gasteiger partial charge is 0.412 e. The Hall–Kier alpha value is -3.46. The highest BCUT2D eigenvalue weighted by Gasteiger charge is 2.21. The van der Waals surface area contributed by atoms with Crippen molar-refractivity contribution < 1.29 is 18.0 Å². The fraction of sp³-hybridized carbons (Fsp3) is 0. The molecule has 0 radical (unpaired) electrons. The second kappa shape index (κ2) is 6.36. The van der Waals surface area contributed by atoms with E-state index in [2.05, 4.69) is 15.4 Å². The van der Waals surface area contributed by atoms with Crippen molar-refractivity contribution in [1.82, 2.24) is 14.9 Å². The average molecular weight is 384 g/mol. The summed E-state index contributed by atoms with van der Waals surface area (Å²) < 4.78 is 39.0. The van der Waals surface area contributed by atoms with Crippen LogP contribution in [0.3, 0.4) is 0 Å². The van der Waals surface area contributed by atoms with Crippen LogP contribution in [0.2, 0.25) is 0 Å². The molecule has 0 atom stereocenters. The molecule has 136 valence electrons. The summed E-state index contributed by atoms with van der Waals surface area (Å²) in [5.74, 6) is 0.0429. The van der Waals surface area contributed by atoms with Gasteiger partial charge < -0.3 is 10.5 Å². The molecular formula is C18H13FN4O3S. The first-order valence-corrected chi connectivity index (χ1v) is 9.34. The molecule has 0 spiro atoms. The van der Waals surface area contributed by atoms with E-state index in [0.717, 1.165) is 12.1 Å². The molecule has 0 aliphatic rings. The normalized spacial score (nSPS) is 11.6. The molecule has 7 nitrogen and oxygen atoms in total. The van der Waals surface area contributed by atoms with Gasteiger partial charge in [0.25, 0.3) is 0 Å². The van der Waals surface area contributed by atoms with Crippen LogP contribution < -0.4 is 5.32 Å². The van der Waals surface area contributed by atoms with E-state index in [1.165, 1.54) is 30.5 Å². The summed E-state index contributed by atoms with van der Waals surface area (Å²) in [6.07, 6.45) is 1.32. The number of nitrogens with zero attached hydrogens (tertiary/aromatic N) is 3. The van der Waals surface area contributed by atoms with Crippen LogP contribution in [0.5, 0.6) is 0 Å². The van der Waals surface area contributed by atoms with E-state index in [0.29, 0.717) is 21.4 Å². The Morgan fingerprint density at radius 3 is 2.48 bits per heavy atom. The predicted octanol–water partition coefficient (Wildman–Crippen LogP) is 3.38. The van der Waals surface area contributed by atoms with Crippen LogP contribution in [0.15, 0.2) is 76.8 Å². The lowest BCUT2D eigenvalue weighted by Gasteiger charge is -2.11. The first kappa shape index (κ1) is 17.0. The molecule has 0 fully saturated rings. The second-order valence-corrected chi connectivity index (χ2v) is 7.63. The Bertz CT molecular complexity index is 1240. The second-order valence-electron chi connectivity index (χ2n) is 5.73. The van der Waals surface area contributed by atoms with Crippen LogP contribution >= 0.6 is 0 Å². The van der Waals surface area contributed by atoms with Crippen LogP contribution in [-0.2, 0) is 9.84 Å². The van der Waals surface area contributed by atoms with E-state index < -0.39 is 15.7 Å². The summed E-state index contributed by atoms with van der Waals surface area (Å²) in [5, 5.41) is 17.2. The Labute approximate surface area is 153 Å². The number of fused-ring (bicyclic) bond motifs is 1. The molecule has 0 amide bonds. The third-order valence-electron chi connectivity index (χ3n) is 3.94. The molecule has 0 aliphatic heterocycles. The molecule has 9 heteroatoms. The maximum atomic E-state index is 13.1. The Morgan fingerprint density at radius 2 is 1.78 bits per heavy atom. The topological polar surface area (TPSA) is 97.1 Å². The van der Waals surface area contributed by atoms with Gasteiger partial charge in [0.15, 0.2) is 10.8 Å². The highest BCUT2D eigenvalue weighted by molar-refractivity contribution is 7.91. The van der Waals surface area contributed by atoms with Gasteiger partial charge in [-0.05, 0) is 35.7 Å². The van der Waals surface area contributed by atoms with Gasteiger partial charge in [-0.2, -0.15) is 0 Å². The standard InChI is InChI=1S/C18H13FN4O3S/c19-13-5-7-14(8-6-13)27(25,26)17-11-12-3-1-2-4-15(12)18(21-17)20-16-9-10-23(24)22-16/h1-11,24H,(H,20,21,22). The molecule has 0 saturated carbocycles. The van der Waals surface area contributed by atoms with E-state index in [1.54, 1.807) is 24.3 Å². The van der Waals surface area contributed by atoms with Crippen molar-refractivity contribution in [3.05, 3.63) is 72.7 Å².